The molecule has 0 aromatic heterocycles. The maximum absolute atomic E-state index is 9.43. The first-order valence-electron chi connectivity index (χ1n) is 18.1. The fraction of sp³-hybridized carbons (Fsp3) is 0. The molecule has 0 aliphatic carbocycles. The van der Waals surface area contributed by atoms with Crippen LogP contribution in [0.25, 0.3) is 103 Å². The van der Waals surface area contributed by atoms with Crippen molar-refractivity contribution in [3.05, 3.63) is 199 Å². The van der Waals surface area contributed by atoms with Crippen molar-refractivity contribution in [2.75, 3.05) is 0 Å². The van der Waals surface area contributed by atoms with Gasteiger partial charge in [-0.05, 0) is 141 Å². The Morgan fingerprint density at radius 2 is 0.852 bits per heavy atom. The second kappa shape index (κ2) is 12.6. The predicted molar refractivity (Wildman–Crippen MR) is 227 cm³/mol. The summed E-state index contributed by atoms with van der Waals surface area (Å²) in [6.45, 7) is 7.57. The molecule has 0 aliphatic rings. The molecule has 0 atom stereocenters. The van der Waals surface area contributed by atoms with Gasteiger partial charge in [-0.15, -0.1) is 0 Å². The van der Waals surface area contributed by atoms with Crippen LogP contribution in [-0.2, 0) is 0 Å². The molecule has 0 unspecified atom stereocenters. The quantitative estimate of drug-likeness (QED) is 0.134. The minimum absolute atomic E-state index is 0.643. The first-order chi connectivity index (χ1) is 26.7. The van der Waals surface area contributed by atoms with Crippen LogP contribution in [0, 0.1) is 17.9 Å². The first kappa shape index (κ1) is 31.2. The molecule has 2 nitrogen and oxygen atoms in total. The molecule has 0 heterocycles. The highest BCUT2D eigenvalue weighted by Crippen LogP contribution is 2.45. The molecule has 0 radical (unpaired) electrons. The van der Waals surface area contributed by atoms with Gasteiger partial charge in [0, 0.05) is 0 Å². The summed E-state index contributed by atoms with van der Waals surface area (Å²) in [6, 6.07) is 66.7. The lowest BCUT2D eigenvalue weighted by molar-refractivity contribution is 1.48. The Balaban J connectivity index is 1.17. The van der Waals surface area contributed by atoms with Crippen LogP contribution in [0.15, 0.2) is 182 Å². The van der Waals surface area contributed by atoms with Crippen LogP contribution in [0.3, 0.4) is 0 Å². The topological polar surface area (TPSA) is 28.1 Å². The molecule has 10 aromatic carbocycles. The molecule has 0 aliphatic heterocycles. The summed E-state index contributed by atoms with van der Waals surface area (Å²) in [5, 5.41) is 21.5. The Morgan fingerprint density at radius 3 is 1.54 bits per heavy atom. The zero-order valence-electron chi connectivity index (χ0n) is 29.2. The summed E-state index contributed by atoms with van der Waals surface area (Å²) < 4.78 is 0. The van der Waals surface area contributed by atoms with Crippen LogP contribution in [0.5, 0.6) is 0 Å². The Kier molecular flexibility index (Phi) is 7.29. The number of benzene rings is 10. The fourth-order valence-electron chi connectivity index (χ4n) is 8.30. The number of nitrogens with zero attached hydrogens (tertiary/aromatic N) is 2. The van der Waals surface area contributed by atoms with Gasteiger partial charge in [0.05, 0.1) is 18.2 Å². The summed E-state index contributed by atoms with van der Waals surface area (Å²) in [7, 11) is 0. The molecule has 0 N–H and O–H groups in total. The number of rotatable bonds is 4. The van der Waals surface area contributed by atoms with Crippen LogP contribution in [0.2, 0.25) is 0 Å². The minimum Gasteiger partial charge on any atom is -0.238 e. The molecule has 0 saturated carbocycles. The molecule has 0 fully saturated rings. The lowest BCUT2D eigenvalue weighted by Gasteiger charge is -2.18. The molecule has 2 heteroatoms. The van der Waals surface area contributed by atoms with Gasteiger partial charge >= 0.3 is 0 Å². The fourth-order valence-corrected chi connectivity index (χ4v) is 8.30. The number of nitriles is 1. The van der Waals surface area contributed by atoms with E-state index in [-0.39, 0.29) is 0 Å². The monoisotopic (exact) mass is 682 g/mol. The molecule has 54 heavy (non-hydrogen) atoms. The molecular formula is C52H30N2. The molecule has 0 saturated heterocycles. The Morgan fingerprint density at radius 1 is 0.352 bits per heavy atom. The van der Waals surface area contributed by atoms with Crippen LogP contribution >= 0.6 is 0 Å². The second-order valence-electron chi connectivity index (χ2n) is 13.9. The molecule has 10 rings (SSSR count). The van der Waals surface area contributed by atoms with Crippen molar-refractivity contribution in [2.45, 2.75) is 0 Å². The van der Waals surface area contributed by atoms with Gasteiger partial charge in [-0.2, -0.15) is 5.26 Å². The van der Waals surface area contributed by atoms with E-state index in [4.69, 9.17) is 6.57 Å². The zero-order valence-corrected chi connectivity index (χ0v) is 29.2. The summed E-state index contributed by atoms with van der Waals surface area (Å²) in [4.78, 5) is 3.69. The lowest BCUT2D eigenvalue weighted by Crippen LogP contribution is -1.91. The maximum Gasteiger partial charge on any atom is 0.187 e. The van der Waals surface area contributed by atoms with Crippen molar-refractivity contribution in [3.63, 3.8) is 0 Å². The van der Waals surface area contributed by atoms with E-state index in [1.807, 2.05) is 36.4 Å². The predicted octanol–water partition coefficient (Wildman–Crippen LogP) is 14.5. The summed E-state index contributed by atoms with van der Waals surface area (Å²) in [5.41, 5.74) is 10.4. The Bertz CT molecular complexity index is 3250. The van der Waals surface area contributed by atoms with Gasteiger partial charge < -0.3 is 0 Å². The van der Waals surface area contributed by atoms with Crippen molar-refractivity contribution in [3.8, 4) is 50.6 Å². The molecular weight excluding hydrogens is 653 g/mol. The van der Waals surface area contributed by atoms with Gasteiger partial charge in [0.1, 0.15) is 0 Å². The lowest BCUT2D eigenvalue weighted by atomic mass is 9.85. The highest BCUT2D eigenvalue weighted by atomic mass is 14.6. The molecule has 248 valence electrons. The van der Waals surface area contributed by atoms with Crippen LogP contribution in [-0.4, -0.2) is 0 Å². The van der Waals surface area contributed by atoms with E-state index in [2.05, 4.69) is 157 Å². The highest BCUT2D eigenvalue weighted by Gasteiger charge is 2.17. The number of fused-ring (bicyclic) bond motifs is 7. The molecule has 10 aromatic rings. The average Bonchev–Trinajstić information content (AvgIpc) is 3.25. The summed E-state index contributed by atoms with van der Waals surface area (Å²) >= 11 is 0. The van der Waals surface area contributed by atoms with Crippen molar-refractivity contribution in [2.24, 2.45) is 0 Å². The van der Waals surface area contributed by atoms with Gasteiger partial charge in [-0.1, -0.05) is 140 Å². The summed E-state index contributed by atoms with van der Waals surface area (Å²) in [5.74, 6) is 0. The van der Waals surface area contributed by atoms with Gasteiger partial charge in [-0.25, -0.2) is 4.85 Å². The van der Waals surface area contributed by atoms with Crippen molar-refractivity contribution in [1.29, 1.82) is 5.26 Å². The van der Waals surface area contributed by atoms with E-state index in [9.17, 15) is 5.26 Å². The van der Waals surface area contributed by atoms with E-state index >= 15 is 0 Å². The van der Waals surface area contributed by atoms with Crippen molar-refractivity contribution < 1.29 is 0 Å². The van der Waals surface area contributed by atoms with Crippen molar-refractivity contribution >= 4 is 59.5 Å². The average molecular weight is 683 g/mol. The van der Waals surface area contributed by atoms with E-state index in [1.165, 1.54) is 70.7 Å². The smallest absolute Gasteiger partial charge is 0.187 e. The Labute approximate surface area is 313 Å². The van der Waals surface area contributed by atoms with E-state index in [0.717, 1.165) is 27.6 Å². The zero-order chi connectivity index (χ0) is 36.2. The summed E-state index contributed by atoms with van der Waals surface area (Å²) in [6.07, 6.45) is 0. The van der Waals surface area contributed by atoms with Gasteiger partial charge in [0.25, 0.3) is 0 Å². The van der Waals surface area contributed by atoms with Crippen LogP contribution < -0.4 is 0 Å². The second-order valence-corrected chi connectivity index (χ2v) is 13.9. The van der Waals surface area contributed by atoms with Gasteiger partial charge in [-0.3, -0.25) is 0 Å². The SMILES string of the molecule is [C-]#[N+]c1cccc(-c2ccc(-c3cc4c5ccccc5c(-c5ccc6cc(-c7cccc(C#N)c7)ccc6c5)cc4c4ccccc34)c3ccccc23)c1. The Hall–Kier alpha value is -7.52. The first-order valence-corrected chi connectivity index (χ1v) is 18.1. The van der Waals surface area contributed by atoms with E-state index in [1.54, 1.807) is 0 Å². The maximum atomic E-state index is 9.43. The van der Waals surface area contributed by atoms with E-state index < -0.39 is 0 Å². The number of hydrogen-bond acceptors (Lipinski definition) is 1. The molecule has 0 spiro atoms. The minimum atomic E-state index is 0.643. The van der Waals surface area contributed by atoms with Crippen molar-refractivity contribution in [1.82, 2.24) is 0 Å². The van der Waals surface area contributed by atoms with Gasteiger partial charge in [0.2, 0.25) is 0 Å². The highest BCUT2D eigenvalue weighted by molar-refractivity contribution is 6.25. The molecule has 0 amide bonds. The van der Waals surface area contributed by atoms with Crippen LogP contribution in [0.1, 0.15) is 5.56 Å². The van der Waals surface area contributed by atoms with Crippen LogP contribution in [0.4, 0.5) is 5.69 Å². The van der Waals surface area contributed by atoms with Gasteiger partial charge in [0.15, 0.2) is 5.69 Å². The third kappa shape index (κ3) is 5.09. The molecule has 0 bridgehead atoms. The third-order valence-electron chi connectivity index (χ3n) is 10.9. The normalized spacial score (nSPS) is 11.3. The standard InChI is InChI=1S/C52H30N2/c1-54-40-13-9-12-38(29-40)41-24-25-48(43-15-3-2-14-42(41)43)50-31-52-45-17-5-4-16-44(45)49(30-51(52)47-19-7-6-18-46(47)50)39-23-22-36-27-35(20-21-37(36)28-39)34-11-8-10-33(26-34)32-53/h2-31H. The number of hydrogen-bond donors (Lipinski definition) is 0. The van der Waals surface area contributed by atoms with E-state index in [0.29, 0.717) is 11.3 Å². The largest absolute Gasteiger partial charge is 0.238 e. The third-order valence-corrected chi connectivity index (χ3v) is 10.9.